The Labute approximate surface area is 71.1 Å². The highest BCUT2D eigenvalue weighted by Gasteiger charge is 2.50. The van der Waals surface area contributed by atoms with Gasteiger partial charge in [-0.2, -0.15) is 13.2 Å². The number of rotatable bonds is 0. The molecule has 0 amide bonds. The lowest BCUT2D eigenvalue weighted by Gasteiger charge is -2.30. The molecule has 1 aliphatic carbocycles. The maximum absolute atomic E-state index is 12.5. The summed E-state index contributed by atoms with van der Waals surface area (Å²) in [7, 11) is 0. The van der Waals surface area contributed by atoms with Crippen molar-refractivity contribution in [2.75, 3.05) is 0 Å². The van der Waals surface area contributed by atoms with Gasteiger partial charge in [-0.3, -0.25) is 0 Å². The molecule has 0 atom stereocenters. The van der Waals surface area contributed by atoms with Gasteiger partial charge in [-0.25, -0.2) is 0 Å². The van der Waals surface area contributed by atoms with E-state index in [0.717, 1.165) is 25.7 Å². The molecule has 0 aromatic carbocycles. The van der Waals surface area contributed by atoms with Gasteiger partial charge in [0.1, 0.15) is 0 Å². The molecular weight excluding hydrogens is 165 g/mol. The van der Waals surface area contributed by atoms with Crippen LogP contribution in [0, 0.1) is 5.41 Å². The lowest BCUT2D eigenvalue weighted by molar-refractivity contribution is -0.222. The van der Waals surface area contributed by atoms with Crippen molar-refractivity contribution in [1.82, 2.24) is 0 Å². The zero-order valence-corrected chi connectivity index (χ0v) is 7.38. The van der Waals surface area contributed by atoms with Gasteiger partial charge in [0.25, 0.3) is 0 Å². The van der Waals surface area contributed by atoms with Gasteiger partial charge in [0.15, 0.2) is 0 Å². The molecule has 0 aromatic heterocycles. The molecule has 0 aliphatic heterocycles. The average Bonchev–Trinajstić information content (AvgIpc) is 2.12. The first-order valence-corrected chi connectivity index (χ1v) is 4.52. The first-order valence-electron chi connectivity index (χ1n) is 4.52. The van der Waals surface area contributed by atoms with Gasteiger partial charge in [0, 0.05) is 0 Å². The minimum absolute atomic E-state index is 0.316. The zero-order valence-electron chi connectivity index (χ0n) is 7.38. The lowest BCUT2D eigenvalue weighted by atomic mass is 9.82. The van der Waals surface area contributed by atoms with Gasteiger partial charge in [-0.1, -0.05) is 32.6 Å². The summed E-state index contributed by atoms with van der Waals surface area (Å²) in [6, 6.07) is 0. The smallest absolute Gasteiger partial charge is 0.171 e. The second-order valence-corrected chi connectivity index (χ2v) is 3.97. The van der Waals surface area contributed by atoms with E-state index < -0.39 is 11.6 Å². The van der Waals surface area contributed by atoms with Crippen molar-refractivity contribution in [3.05, 3.63) is 0 Å². The van der Waals surface area contributed by atoms with E-state index in [1.54, 1.807) is 0 Å². The topological polar surface area (TPSA) is 0 Å². The van der Waals surface area contributed by atoms with Crippen molar-refractivity contribution in [1.29, 1.82) is 0 Å². The molecule has 0 unspecified atom stereocenters. The SMILES string of the molecule is CC1(C(F)(F)F)CCCCCC1. The summed E-state index contributed by atoms with van der Waals surface area (Å²) in [4.78, 5) is 0. The molecule has 0 spiro atoms. The third-order valence-corrected chi connectivity index (χ3v) is 2.89. The fourth-order valence-electron chi connectivity index (χ4n) is 1.79. The Hall–Kier alpha value is -0.210. The minimum Gasteiger partial charge on any atom is -0.171 e. The molecule has 0 heterocycles. The maximum atomic E-state index is 12.5. The molecule has 0 saturated heterocycles. The van der Waals surface area contributed by atoms with Crippen LogP contribution in [-0.4, -0.2) is 6.18 Å². The van der Waals surface area contributed by atoms with Crippen LogP contribution in [0.25, 0.3) is 0 Å². The van der Waals surface area contributed by atoms with Crippen LogP contribution < -0.4 is 0 Å². The van der Waals surface area contributed by atoms with Gasteiger partial charge in [-0.05, 0) is 12.8 Å². The molecule has 1 saturated carbocycles. The van der Waals surface area contributed by atoms with E-state index in [2.05, 4.69) is 0 Å². The molecule has 0 bridgehead atoms. The van der Waals surface area contributed by atoms with Crippen molar-refractivity contribution >= 4 is 0 Å². The third-order valence-electron chi connectivity index (χ3n) is 2.89. The summed E-state index contributed by atoms with van der Waals surface area (Å²) in [5.41, 5.74) is -1.40. The number of halogens is 3. The Kier molecular flexibility index (Phi) is 2.69. The molecule has 0 N–H and O–H groups in total. The van der Waals surface area contributed by atoms with E-state index >= 15 is 0 Å². The summed E-state index contributed by atoms with van der Waals surface area (Å²) in [6.45, 7) is 1.36. The van der Waals surface area contributed by atoms with Gasteiger partial charge in [0.2, 0.25) is 0 Å². The summed E-state index contributed by atoms with van der Waals surface area (Å²) < 4.78 is 37.5. The van der Waals surface area contributed by atoms with Crippen LogP contribution >= 0.6 is 0 Å². The van der Waals surface area contributed by atoms with Crippen LogP contribution in [0.1, 0.15) is 45.4 Å². The van der Waals surface area contributed by atoms with Gasteiger partial charge >= 0.3 is 6.18 Å². The van der Waals surface area contributed by atoms with Gasteiger partial charge in [-0.15, -0.1) is 0 Å². The molecule has 0 radical (unpaired) electrons. The second-order valence-electron chi connectivity index (χ2n) is 3.97. The summed E-state index contributed by atoms with van der Waals surface area (Å²) in [5.74, 6) is 0. The fraction of sp³-hybridized carbons (Fsp3) is 1.00. The van der Waals surface area contributed by atoms with E-state index in [1.807, 2.05) is 0 Å². The highest BCUT2D eigenvalue weighted by atomic mass is 19.4. The van der Waals surface area contributed by atoms with Crippen molar-refractivity contribution in [2.45, 2.75) is 51.6 Å². The quantitative estimate of drug-likeness (QED) is 0.496. The van der Waals surface area contributed by atoms with Gasteiger partial charge in [0.05, 0.1) is 5.41 Å². The molecule has 1 aliphatic rings. The van der Waals surface area contributed by atoms with Crippen LogP contribution in [-0.2, 0) is 0 Å². The lowest BCUT2D eigenvalue weighted by Crippen LogP contribution is -2.34. The predicted octanol–water partition coefficient (Wildman–Crippen LogP) is 3.91. The Morgan fingerprint density at radius 3 is 1.67 bits per heavy atom. The van der Waals surface area contributed by atoms with Crippen LogP contribution in [0.4, 0.5) is 13.2 Å². The first-order chi connectivity index (χ1) is 5.46. The normalized spacial score (nSPS) is 25.0. The second kappa shape index (κ2) is 3.27. The molecular formula is C9H15F3. The highest BCUT2D eigenvalue weighted by Crippen LogP contribution is 2.47. The highest BCUT2D eigenvalue weighted by molar-refractivity contribution is 4.83. The number of hydrogen-bond acceptors (Lipinski definition) is 0. The first kappa shape index (κ1) is 9.87. The number of hydrogen-bond donors (Lipinski definition) is 0. The third kappa shape index (κ3) is 1.93. The molecule has 1 rings (SSSR count). The van der Waals surface area contributed by atoms with Gasteiger partial charge < -0.3 is 0 Å². The Balaban J connectivity index is 2.67. The largest absolute Gasteiger partial charge is 0.394 e. The fourth-order valence-corrected chi connectivity index (χ4v) is 1.79. The van der Waals surface area contributed by atoms with E-state index in [4.69, 9.17) is 0 Å². The van der Waals surface area contributed by atoms with E-state index in [-0.39, 0.29) is 0 Å². The predicted molar refractivity (Wildman–Crippen MR) is 41.9 cm³/mol. The Morgan fingerprint density at radius 2 is 1.33 bits per heavy atom. The average molecular weight is 180 g/mol. The van der Waals surface area contributed by atoms with Crippen LogP contribution in [0.2, 0.25) is 0 Å². The molecule has 0 nitrogen and oxygen atoms in total. The zero-order chi connectivity index (χ0) is 9.24. The molecule has 12 heavy (non-hydrogen) atoms. The molecule has 3 heteroatoms. The molecule has 0 aromatic rings. The molecule has 72 valence electrons. The minimum atomic E-state index is -4.00. The Morgan fingerprint density at radius 1 is 0.917 bits per heavy atom. The van der Waals surface area contributed by atoms with Crippen LogP contribution in [0.15, 0.2) is 0 Å². The number of alkyl halides is 3. The summed E-state index contributed by atoms with van der Waals surface area (Å²) >= 11 is 0. The summed E-state index contributed by atoms with van der Waals surface area (Å²) in [6.07, 6.45) is 0.0215. The molecule has 1 fully saturated rings. The van der Waals surface area contributed by atoms with Crippen molar-refractivity contribution in [3.8, 4) is 0 Å². The Bertz CT molecular complexity index is 140. The van der Waals surface area contributed by atoms with Crippen LogP contribution in [0.5, 0.6) is 0 Å². The van der Waals surface area contributed by atoms with Crippen molar-refractivity contribution in [2.24, 2.45) is 5.41 Å². The summed E-state index contributed by atoms with van der Waals surface area (Å²) in [5, 5.41) is 0. The maximum Gasteiger partial charge on any atom is 0.394 e. The van der Waals surface area contributed by atoms with Crippen molar-refractivity contribution < 1.29 is 13.2 Å². The van der Waals surface area contributed by atoms with Crippen LogP contribution in [0.3, 0.4) is 0 Å². The van der Waals surface area contributed by atoms with Crippen molar-refractivity contribution in [3.63, 3.8) is 0 Å². The van der Waals surface area contributed by atoms with E-state index in [1.165, 1.54) is 6.92 Å². The standard InChI is InChI=1S/C9H15F3/c1-8(9(10,11)12)6-4-2-3-5-7-8/h2-7H2,1H3. The monoisotopic (exact) mass is 180 g/mol. The van der Waals surface area contributed by atoms with E-state index in [9.17, 15) is 13.2 Å². The van der Waals surface area contributed by atoms with E-state index in [0.29, 0.717) is 12.8 Å².